The van der Waals surface area contributed by atoms with E-state index in [1.807, 2.05) is 0 Å². The van der Waals surface area contributed by atoms with Crippen molar-refractivity contribution in [1.82, 2.24) is 0 Å². The first-order valence-electron chi connectivity index (χ1n) is 11.5. The summed E-state index contributed by atoms with van der Waals surface area (Å²) in [5, 5.41) is 27.4. The number of benzene rings is 3. The van der Waals surface area contributed by atoms with Crippen LogP contribution in [0.3, 0.4) is 0 Å². The third kappa shape index (κ3) is 4.23. The minimum Gasteiger partial charge on any atom is -0.493 e. The summed E-state index contributed by atoms with van der Waals surface area (Å²) in [6.07, 6.45) is -0.435. The highest BCUT2D eigenvalue weighted by molar-refractivity contribution is 5.99. The Bertz CT molecular complexity index is 1420. The zero-order valence-corrected chi connectivity index (χ0v) is 19.6. The highest BCUT2D eigenvalue weighted by atomic mass is 16.6. The van der Waals surface area contributed by atoms with Crippen LogP contribution in [0.1, 0.15) is 50.2 Å². The first kappa shape index (κ1) is 24.6. The van der Waals surface area contributed by atoms with Gasteiger partial charge in [0.25, 0.3) is 0 Å². The Balaban J connectivity index is 1.64. The summed E-state index contributed by atoms with van der Waals surface area (Å²) < 4.78 is 23.2. The van der Waals surface area contributed by atoms with E-state index >= 15 is 0 Å². The van der Waals surface area contributed by atoms with Gasteiger partial charge >= 0.3 is 23.9 Å². The van der Waals surface area contributed by atoms with Crippen LogP contribution < -0.4 is 14.2 Å². The molecule has 0 fully saturated rings. The van der Waals surface area contributed by atoms with E-state index in [1.54, 1.807) is 24.3 Å². The van der Waals surface area contributed by atoms with Crippen molar-refractivity contribution in [3.8, 4) is 23.0 Å². The van der Waals surface area contributed by atoms with E-state index < -0.39 is 29.5 Å². The number of esters is 1. The molecule has 194 valence electrons. The molecule has 5 rings (SSSR count). The third-order valence-electron chi connectivity index (χ3n) is 6.17. The molecule has 2 heterocycles. The molecule has 0 amide bonds. The van der Waals surface area contributed by atoms with Crippen LogP contribution in [0.5, 0.6) is 23.0 Å². The van der Waals surface area contributed by atoms with E-state index in [0.29, 0.717) is 28.2 Å². The molecule has 0 radical (unpaired) electrons. The van der Waals surface area contributed by atoms with E-state index in [9.17, 15) is 24.3 Å². The van der Waals surface area contributed by atoms with Gasteiger partial charge in [0.1, 0.15) is 23.0 Å². The number of hydrogen-bond donors (Lipinski definition) is 3. The van der Waals surface area contributed by atoms with Crippen LogP contribution in [0.25, 0.3) is 0 Å². The van der Waals surface area contributed by atoms with Crippen molar-refractivity contribution < 1.29 is 53.4 Å². The van der Waals surface area contributed by atoms with Gasteiger partial charge in [0.15, 0.2) is 5.60 Å². The summed E-state index contributed by atoms with van der Waals surface area (Å²) >= 11 is 0. The topological polar surface area (TPSA) is 166 Å². The summed E-state index contributed by atoms with van der Waals surface area (Å²) in [5.74, 6) is -2.80. The van der Waals surface area contributed by atoms with Crippen molar-refractivity contribution in [3.63, 3.8) is 0 Å². The third-order valence-corrected chi connectivity index (χ3v) is 6.17. The zero-order chi connectivity index (χ0) is 27.0. The average Bonchev–Trinajstić information content (AvgIpc) is 3.15. The van der Waals surface area contributed by atoms with Crippen molar-refractivity contribution >= 4 is 23.9 Å². The lowest BCUT2D eigenvalue weighted by Crippen LogP contribution is -2.33. The Hall–Kier alpha value is -5.06. The summed E-state index contributed by atoms with van der Waals surface area (Å²) in [6, 6.07) is 13.5. The van der Waals surface area contributed by atoms with Crippen molar-refractivity contribution in [2.45, 2.75) is 18.4 Å². The molecule has 11 heteroatoms. The van der Waals surface area contributed by atoms with Crippen LogP contribution in [-0.4, -0.2) is 52.4 Å². The molecule has 0 saturated carbocycles. The molecule has 11 nitrogen and oxygen atoms in total. The van der Waals surface area contributed by atoms with Gasteiger partial charge in [-0.3, -0.25) is 9.59 Å². The molecule has 0 aliphatic carbocycles. The van der Waals surface area contributed by atoms with Crippen LogP contribution in [-0.2, 0) is 19.9 Å². The highest BCUT2D eigenvalue weighted by Crippen LogP contribution is 2.57. The van der Waals surface area contributed by atoms with E-state index in [-0.39, 0.29) is 48.7 Å². The highest BCUT2D eigenvalue weighted by Gasteiger charge is 2.54. The van der Waals surface area contributed by atoms with Crippen LogP contribution in [0.15, 0.2) is 54.6 Å². The smallest absolute Gasteiger partial charge is 0.340 e. The molecular formula is C27H20O11. The Kier molecular flexibility index (Phi) is 6.11. The van der Waals surface area contributed by atoms with Gasteiger partial charge in [0.2, 0.25) is 0 Å². The standard InChI is InChI=1S/C27H20O11/c28-23(29)7-9-35-15-2-5-18-21(12-15)37-22-13-16(36-10-8-24(30)31)3-6-19(22)27(18)20-11-14(25(32)33)1-4-17(20)26(34)38-27/h1-6,11-13H,7-10H2,(H,28,29)(H,30,31)(H,32,33). The van der Waals surface area contributed by atoms with Crippen molar-refractivity contribution in [3.05, 3.63) is 82.4 Å². The second-order valence-corrected chi connectivity index (χ2v) is 8.54. The quantitative estimate of drug-likeness (QED) is 0.352. The van der Waals surface area contributed by atoms with Gasteiger partial charge in [-0.25, -0.2) is 9.59 Å². The summed E-state index contributed by atoms with van der Waals surface area (Å²) in [7, 11) is 0. The van der Waals surface area contributed by atoms with E-state index in [2.05, 4.69) is 0 Å². The van der Waals surface area contributed by atoms with Crippen molar-refractivity contribution in [2.75, 3.05) is 13.2 Å². The average molecular weight is 520 g/mol. The molecule has 3 N–H and O–H groups in total. The van der Waals surface area contributed by atoms with E-state index in [4.69, 9.17) is 29.2 Å². The van der Waals surface area contributed by atoms with Gasteiger partial charge in [-0.1, -0.05) is 0 Å². The molecule has 1 spiro atoms. The Morgan fingerprint density at radius 2 is 1.29 bits per heavy atom. The number of carboxylic acids is 3. The van der Waals surface area contributed by atoms with E-state index in [1.165, 1.54) is 30.3 Å². The Morgan fingerprint density at radius 3 is 1.79 bits per heavy atom. The molecule has 3 aromatic rings. The van der Waals surface area contributed by atoms with Gasteiger partial charge in [-0.15, -0.1) is 0 Å². The monoisotopic (exact) mass is 520 g/mol. The number of fused-ring (bicyclic) bond motifs is 6. The van der Waals surface area contributed by atoms with E-state index in [0.717, 1.165) is 0 Å². The summed E-state index contributed by atoms with van der Waals surface area (Å²) in [5.41, 5.74) is -0.280. The number of carboxylic acid groups (broad SMARTS) is 3. The number of carbonyl (C=O) groups excluding carboxylic acids is 1. The van der Waals surface area contributed by atoms with Crippen LogP contribution in [0.4, 0.5) is 0 Å². The molecule has 0 saturated heterocycles. The number of aliphatic carboxylic acids is 2. The fourth-order valence-electron chi connectivity index (χ4n) is 4.51. The van der Waals surface area contributed by atoms with Gasteiger partial charge in [0.05, 0.1) is 37.2 Å². The lowest BCUT2D eigenvalue weighted by molar-refractivity contribution is -0.138. The summed E-state index contributed by atoms with van der Waals surface area (Å²) in [4.78, 5) is 46.5. The SMILES string of the molecule is O=C(O)CCOc1ccc2c(c1)Oc1cc(OCCC(=O)O)ccc1C21OC(=O)c2ccc(C(=O)O)cc21. The maximum Gasteiger partial charge on any atom is 0.340 e. The van der Waals surface area contributed by atoms with Crippen LogP contribution in [0.2, 0.25) is 0 Å². The molecule has 0 unspecified atom stereocenters. The molecule has 2 aliphatic rings. The molecular weight excluding hydrogens is 500 g/mol. The normalized spacial score (nSPS) is 13.9. The second-order valence-electron chi connectivity index (χ2n) is 8.54. The number of rotatable bonds is 9. The predicted octanol–water partition coefficient (Wildman–Crippen LogP) is 3.66. The fourth-order valence-corrected chi connectivity index (χ4v) is 4.51. The van der Waals surface area contributed by atoms with Crippen molar-refractivity contribution in [1.29, 1.82) is 0 Å². The van der Waals surface area contributed by atoms with Crippen LogP contribution >= 0.6 is 0 Å². The molecule has 3 aromatic carbocycles. The maximum atomic E-state index is 13.0. The lowest BCUT2D eigenvalue weighted by Gasteiger charge is -2.36. The Morgan fingerprint density at radius 1 is 0.737 bits per heavy atom. The molecule has 0 atom stereocenters. The fraction of sp³-hybridized carbons (Fsp3) is 0.185. The first-order valence-corrected chi connectivity index (χ1v) is 11.5. The lowest BCUT2D eigenvalue weighted by atomic mass is 9.77. The number of ether oxygens (including phenoxy) is 4. The van der Waals surface area contributed by atoms with Gasteiger partial charge in [-0.2, -0.15) is 0 Å². The molecule has 2 aliphatic heterocycles. The van der Waals surface area contributed by atoms with Crippen molar-refractivity contribution in [2.24, 2.45) is 0 Å². The number of hydrogen-bond acceptors (Lipinski definition) is 8. The minimum absolute atomic E-state index is 0.0433. The van der Waals surface area contributed by atoms with Gasteiger partial charge in [0, 0.05) is 28.8 Å². The number of aromatic carboxylic acids is 1. The Labute approximate surface area is 214 Å². The van der Waals surface area contributed by atoms with Gasteiger partial charge < -0.3 is 34.3 Å². The van der Waals surface area contributed by atoms with Gasteiger partial charge in [-0.05, 0) is 42.5 Å². The molecule has 0 aromatic heterocycles. The molecule has 38 heavy (non-hydrogen) atoms. The summed E-state index contributed by atoms with van der Waals surface area (Å²) in [6.45, 7) is -0.172. The molecule has 0 bridgehead atoms. The second kappa shape index (κ2) is 9.43. The zero-order valence-electron chi connectivity index (χ0n) is 19.6. The first-order chi connectivity index (χ1) is 18.2. The minimum atomic E-state index is -1.56. The predicted molar refractivity (Wildman–Crippen MR) is 127 cm³/mol. The number of carbonyl (C=O) groups is 4. The van der Waals surface area contributed by atoms with Crippen LogP contribution in [0, 0.1) is 0 Å². The largest absolute Gasteiger partial charge is 0.493 e. The maximum absolute atomic E-state index is 13.0.